The summed E-state index contributed by atoms with van der Waals surface area (Å²) < 4.78 is 5.35. The molecule has 0 unspecified atom stereocenters. The van der Waals surface area contributed by atoms with Crippen molar-refractivity contribution in [1.82, 2.24) is 9.97 Å². The van der Waals surface area contributed by atoms with E-state index in [9.17, 15) is 0 Å². The number of pyridine rings is 1. The van der Waals surface area contributed by atoms with Crippen molar-refractivity contribution in [2.75, 3.05) is 7.11 Å². The van der Waals surface area contributed by atoms with Crippen molar-refractivity contribution in [3.8, 4) is 28.7 Å². The summed E-state index contributed by atoms with van der Waals surface area (Å²) in [6.45, 7) is 0. The minimum Gasteiger partial charge on any atom is -0.496 e. The standard InChI is InChI=1S/C15H9ClN2OS/c1-3-9-8-20-15(18-9)10-7-17-11-5-4-6-12(19-2)13(11)14(10)16/h1,4-8H,2H3. The number of terminal acetylenes is 1. The Kier molecular flexibility index (Phi) is 3.31. The molecule has 2 heterocycles. The molecule has 0 aliphatic heterocycles. The van der Waals surface area contributed by atoms with E-state index in [1.807, 2.05) is 23.6 Å². The third kappa shape index (κ3) is 2.01. The van der Waals surface area contributed by atoms with E-state index in [1.165, 1.54) is 11.3 Å². The fourth-order valence-electron chi connectivity index (χ4n) is 1.96. The second-order valence-electron chi connectivity index (χ2n) is 4.02. The first-order valence-electron chi connectivity index (χ1n) is 5.78. The van der Waals surface area contributed by atoms with E-state index in [1.54, 1.807) is 13.3 Å². The number of benzene rings is 1. The summed E-state index contributed by atoms with van der Waals surface area (Å²) in [4.78, 5) is 8.75. The van der Waals surface area contributed by atoms with Gasteiger partial charge in [-0.3, -0.25) is 4.98 Å². The third-order valence-electron chi connectivity index (χ3n) is 2.90. The zero-order chi connectivity index (χ0) is 14.1. The highest BCUT2D eigenvalue weighted by atomic mass is 35.5. The lowest BCUT2D eigenvalue weighted by Crippen LogP contribution is -1.90. The maximum atomic E-state index is 6.51. The number of hydrogen-bond donors (Lipinski definition) is 0. The number of fused-ring (bicyclic) bond motifs is 1. The van der Waals surface area contributed by atoms with Gasteiger partial charge in [-0.25, -0.2) is 4.98 Å². The van der Waals surface area contributed by atoms with Gasteiger partial charge in [0.05, 0.1) is 23.0 Å². The van der Waals surface area contributed by atoms with Crippen molar-refractivity contribution in [3.63, 3.8) is 0 Å². The molecule has 3 rings (SSSR count). The Balaban J connectivity index is 2.28. The van der Waals surface area contributed by atoms with Gasteiger partial charge in [-0.05, 0) is 18.1 Å². The average molecular weight is 301 g/mol. The second kappa shape index (κ2) is 5.12. The minimum atomic E-state index is 0.574. The molecule has 3 aromatic rings. The molecule has 0 amide bonds. The van der Waals surface area contributed by atoms with Crippen LogP contribution in [0.15, 0.2) is 29.8 Å². The Bertz CT molecular complexity index is 835. The summed E-state index contributed by atoms with van der Waals surface area (Å²) in [5.74, 6) is 3.20. The van der Waals surface area contributed by atoms with Crippen LogP contribution >= 0.6 is 22.9 Å². The molecule has 0 atom stereocenters. The quantitative estimate of drug-likeness (QED) is 0.671. The van der Waals surface area contributed by atoms with Gasteiger partial charge in [0.15, 0.2) is 0 Å². The van der Waals surface area contributed by atoms with Crippen LogP contribution in [0.3, 0.4) is 0 Å². The molecule has 0 saturated heterocycles. The summed E-state index contributed by atoms with van der Waals surface area (Å²) in [5.41, 5.74) is 2.14. The van der Waals surface area contributed by atoms with E-state index >= 15 is 0 Å². The fraction of sp³-hybridized carbons (Fsp3) is 0.0667. The molecule has 98 valence electrons. The van der Waals surface area contributed by atoms with Gasteiger partial charge in [-0.1, -0.05) is 17.7 Å². The molecule has 0 spiro atoms. The molecule has 0 bridgehead atoms. The van der Waals surface area contributed by atoms with Gasteiger partial charge < -0.3 is 4.74 Å². The van der Waals surface area contributed by atoms with Crippen LogP contribution in [0.4, 0.5) is 0 Å². The Labute approximate surface area is 125 Å². The Morgan fingerprint density at radius 2 is 2.25 bits per heavy atom. The normalized spacial score (nSPS) is 10.4. The molecule has 0 N–H and O–H groups in total. The van der Waals surface area contributed by atoms with Crippen LogP contribution < -0.4 is 4.74 Å². The average Bonchev–Trinajstić information content (AvgIpc) is 2.95. The Morgan fingerprint density at radius 3 is 2.95 bits per heavy atom. The van der Waals surface area contributed by atoms with E-state index in [0.29, 0.717) is 16.5 Å². The monoisotopic (exact) mass is 300 g/mol. The van der Waals surface area contributed by atoms with E-state index in [4.69, 9.17) is 22.8 Å². The molecular formula is C15H9ClN2OS. The highest BCUT2D eigenvalue weighted by Gasteiger charge is 2.14. The summed E-state index contributed by atoms with van der Waals surface area (Å²) in [6.07, 6.45) is 7.05. The molecule has 0 aliphatic carbocycles. The van der Waals surface area contributed by atoms with E-state index in [-0.39, 0.29) is 0 Å². The van der Waals surface area contributed by atoms with Crippen molar-refractivity contribution in [2.24, 2.45) is 0 Å². The van der Waals surface area contributed by atoms with Crippen molar-refractivity contribution >= 4 is 33.8 Å². The van der Waals surface area contributed by atoms with Crippen molar-refractivity contribution in [2.45, 2.75) is 0 Å². The summed E-state index contributed by atoms with van der Waals surface area (Å²) in [7, 11) is 1.61. The van der Waals surface area contributed by atoms with E-state index in [0.717, 1.165) is 21.5 Å². The smallest absolute Gasteiger partial charge is 0.129 e. The molecule has 3 nitrogen and oxygen atoms in total. The van der Waals surface area contributed by atoms with Crippen molar-refractivity contribution in [1.29, 1.82) is 0 Å². The number of aromatic nitrogens is 2. The van der Waals surface area contributed by atoms with E-state index in [2.05, 4.69) is 15.9 Å². The number of thiazole rings is 1. The molecule has 0 saturated carbocycles. The van der Waals surface area contributed by atoms with Crippen molar-refractivity contribution in [3.05, 3.63) is 40.5 Å². The number of hydrogen-bond acceptors (Lipinski definition) is 4. The number of halogens is 1. The summed E-state index contributed by atoms with van der Waals surface area (Å²) in [6, 6.07) is 5.63. The predicted octanol–water partition coefficient (Wildman–Crippen LogP) is 4.00. The van der Waals surface area contributed by atoms with Crippen LogP contribution in [0.1, 0.15) is 5.69 Å². The first-order valence-corrected chi connectivity index (χ1v) is 7.04. The maximum Gasteiger partial charge on any atom is 0.129 e. The zero-order valence-electron chi connectivity index (χ0n) is 10.6. The number of ether oxygens (including phenoxy) is 1. The Morgan fingerprint density at radius 1 is 1.40 bits per heavy atom. The topological polar surface area (TPSA) is 35.0 Å². The second-order valence-corrected chi connectivity index (χ2v) is 5.26. The van der Waals surface area contributed by atoms with Crippen LogP contribution in [0.5, 0.6) is 5.75 Å². The first kappa shape index (κ1) is 12.9. The Hall–Kier alpha value is -2.09. The van der Waals surface area contributed by atoms with Crippen LogP contribution in [-0.2, 0) is 0 Å². The molecule has 1 aromatic carbocycles. The van der Waals surface area contributed by atoms with Crippen LogP contribution in [-0.4, -0.2) is 17.1 Å². The fourth-order valence-corrected chi connectivity index (χ4v) is 3.12. The van der Waals surface area contributed by atoms with E-state index < -0.39 is 0 Å². The predicted molar refractivity (Wildman–Crippen MR) is 82.3 cm³/mol. The summed E-state index contributed by atoms with van der Waals surface area (Å²) in [5, 5.41) is 3.93. The lowest BCUT2D eigenvalue weighted by Gasteiger charge is -2.08. The molecule has 0 radical (unpaired) electrons. The van der Waals surface area contributed by atoms with Crippen LogP contribution in [0, 0.1) is 12.3 Å². The van der Waals surface area contributed by atoms with Gasteiger partial charge >= 0.3 is 0 Å². The van der Waals surface area contributed by atoms with Gasteiger partial charge in [0.1, 0.15) is 16.5 Å². The first-order chi connectivity index (χ1) is 9.74. The molecule has 0 fully saturated rings. The van der Waals surface area contributed by atoms with Gasteiger partial charge in [-0.15, -0.1) is 17.8 Å². The number of rotatable bonds is 2. The molecule has 20 heavy (non-hydrogen) atoms. The van der Waals surface area contributed by atoms with Gasteiger partial charge in [0.25, 0.3) is 0 Å². The van der Waals surface area contributed by atoms with Gasteiger partial charge in [-0.2, -0.15) is 0 Å². The largest absolute Gasteiger partial charge is 0.496 e. The SMILES string of the molecule is C#Cc1csc(-c2cnc3cccc(OC)c3c2Cl)n1. The molecule has 2 aromatic heterocycles. The number of methoxy groups -OCH3 is 1. The highest BCUT2D eigenvalue weighted by Crippen LogP contribution is 2.38. The van der Waals surface area contributed by atoms with Gasteiger partial charge in [0.2, 0.25) is 0 Å². The lowest BCUT2D eigenvalue weighted by atomic mass is 10.1. The highest BCUT2D eigenvalue weighted by molar-refractivity contribution is 7.13. The maximum absolute atomic E-state index is 6.51. The lowest BCUT2D eigenvalue weighted by molar-refractivity contribution is 0.420. The van der Waals surface area contributed by atoms with Crippen molar-refractivity contribution < 1.29 is 4.74 Å². The summed E-state index contributed by atoms with van der Waals surface area (Å²) >= 11 is 7.95. The van der Waals surface area contributed by atoms with Gasteiger partial charge in [0, 0.05) is 17.1 Å². The zero-order valence-corrected chi connectivity index (χ0v) is 12.1. The molecular weight excluding hydrogens is 292 g/mol. The van der Waals surface area contributed by atoms with Crippen LogP contribution in [0.2, 0.25) is 5.02 Å². The molecule has 0 aliphatic rings. The minimum absolute atomic E-state index is 0.574. The third-order valence-corrected chi connectivity index (χ3v) is 4.16. The molecule has 5 heteroatoms. The number of nitrogens with zero attached hydrogens (tertiary/aromatic N) is 2. The van der Waals surface area contributed by atoms with Crippen LogP contribution in [0.25, 0.3) is 21.5 Å².